The lowest BCUT2D eigenvalue weighted by atomic mass is 10.1. The number of hydrogen-bond acceptors (Lipinski definition) is 2. The molecule has 0 bridgehead atoms. The summed E-state index contributed by atoms with van der Waals surface area (Å²) in [5.41, 5.74) is 0. The fourth-order valence-electron chi connectivity index (χ4n) is 1.03. The quantitative estimate of drug-likeness (QED) is 0.463. The second kappa shape index (κ2) is 10.3. The molecule has 3 heteroatoms. The van der Waals surface area contributed by atoms with Gasteiger partial charge in [-0.25, -0.2) is 0 Å². The first-order chi connectivity index (χ1) is 6.31. The molecule has 0 heterocycles. The van der Waals surface area contributed by atoms with E-state index in [0.29, 0.717) is 5.92 Å². The van der Waals surface area contributed by atoms with E-state index in [1.165, 1.54) is 0 Å². The van der Waals surface area contributed by atoms with Gasteiger partial charge in [-0.05, 0) is 25.3 Å². The fourth-order valence-corrected chi connectivity index (χ4v) is 1.40. The Labute approximate surface area is 87.0 Å². The van der Waals surface area contributed by atoms with E-state index in [-0.39, 0.29) is 0 Å². The molecule has 2 nitrogen and oxygen atoms in total. The maximum atomic E-state index is 5.63. The molecule has 0 aromatic rings. The van der Waals surface area contributed by atoms with E-state index in [1.54, 1.807) is 0 Å². The van der Waals surface area contributed by atoms with E-state index in [0.717, 1.165) is 45.0 Å². The van der Waals surface area contributed by atoms with Crippen LogP contribution in [-0.2, 0) is 4.74 Å². The number of alkyl halides is 1. The topological polar surface area (TPSA) is 21.3 Å². The van der Waals surface area contributed by atoms with Gasteiger partial charge in [0.05, 0.1) is 6.61 Å². The first kappa shape index (κ1) is 13.2. The highest BCUT2D eigenvalue weighted by molar-refractivity contribution is 6.17. The molecule has 0 aliphatic carbocycles. The predicted octanol–water partition coefficient (Wildman–Crippen LogP) is 2.27. The lowest BCUT2D eigenvalue weighted by Crippen LogP contribution is -2.25. The van der Waals surface area contributed by atoms with E-state index in [2.05, 4.69) is 19.2 Å². The van der Waals surface area contributed by atoms with Crippen molar-refractivity contribution in [3.63, 3.8) is 0 Å². The van der Waals surface area contributed by atoms with Crippen LogP contribution in [0.1, 0.15) is 26.7 Å². The van der Waals surface area contributed by atoms with Crippen molar-refractivity contribution in [3.05, 3.63) is 0 Å². The molecule has 0 amide bonds. The lowest BCUT2D eigenvalue weighted by Gasteiger charge is -2.10. The summed E-state index contributed by atoms with van der Waals surface area (Å²) in [7, 11) is 0. The second-order valence-corrected chi connectivity index (χ2v) is 3.78. The standard InChI is InChI=1S/C10H22ClNO/c1-3-7-13-8-6-12-9-10(2)4-5-11/h10,12H,3-9H2,1-2H3. The molecule has 0 rings (SSSR count). The van der Waals surface area contributed by atoms with E-state index in [9.17, 15) is 0 Å². The van der Waals surface area contributed by atoms with Crippen molar-refractivity contribution < 1.29 is 4.74 Å². The molecule has 0 aromatic carbocycles. The van der Waals surface area contributed by atoms with Crippen molar-refractivity contribution in [1.82, 2.24) is 5.32 Å². The average Bonchev–Trinajstić information content (AvgIpc) is 2.11. The van der Waals surface area contributed by atoms with Crippen LogP contribution in [0, 0.1) is 5.92 Å². The van der Waals surface area contributed by atoms with Gasteiger partial charge in [-0.15, -0.1) is 11.6 Å². The maximum absolute atomic E-state index is 5.63. The zero-order chi connectivity index (χ0) is 9.94. The van der Waals surface area contributed by atoms with Crippen molar-refractivity contribution in [1.29, 1.82) is 0 Å². The molecule has 0 saturated carbocycles. The monoisotopic (exact) mass is 207 g/mol. The summed E-state index contributed by atoms with van der Waals surface area (Å²) >= 11 is 5.63. The molecule has 0 fully saturated rings. The molecule has 13 heavy (non-hydrogen) atoms. The van der Waals surface area contributed by atoms with Gasteiger partial charge in [-0.2, -0.15) is 0 Å². The second-order valence-electron chi connectivity index (χ2n) is 3.40. The summed E-state index contributed by atoms with van der Waals surface area (Å²) in [6.45, 7) is 8.02. The van der Waals surface area contributed by atoms with E-state index in [1.807, 2.05) is 0 Å². The van der Waals surface area contributed by atoms with E-state index < -0.39 is 0 Å². The van der Waals surface area contributed by atoms with Crippen LogP contribution in [0.4, 0.5) is 0 Å². The average molecular weight is 208 g/mol. The fraction of sp³-hybridized carbons (Fsp3) is 1.00. The Balaban J connectivity index is 2.97. The van der Waals surface area contributed by atoms with Crippen molar-refractivity contribution in [2.75, 3.05) is 32.2 Å². The van der Waals surface area contributed by atoms with Crippen molar-refractivity contribution in [2.24, 2.45) is 5.92 Å². The highest BCUT2D eigenvalue weighted by Gasteiger charge is 1.99. The minimum atomic E-state index is 0.670. The molecular weight excluding hydrogens is 186 g/mol. The van der Waals surface area contributed by atoms with Crippen LogP contribution < -0.4 is 5.32 Å². The summed E-state index contributed by atoms with van der Waals surface area (Å²) in [5.74, 6) is 1.43. The van der Waals surface area contributed by atoms with Crippen LogP contribution in [-0.4, -0.2) is 32.2 Å². The highest BCUT2D eigenvalue weighted by Crippen LogP contribution is 2.00. The summed E-state index contributed by atoms with van der Waals surface area (Å²) in [4.78, 5) is 0. The Kier molecular flexibility index (Phi) is 10.5. The molecule has 0 aliphatic rings. The molecule has 0 spiro atoms. The number of rotatable bonds is 9. The molecule has 0 saturated heterocycles. The van der Waals surface area contributed by atoms with Gasteiger partial charge in [0, 0.05) is 19.0 Å². The Hall–Kier alpha value is 0.210. The third-order valence-corrected chi connectivity index (χ3v) is 2.08. The number of hydrogen-bond donors (Lipinski definition) is 1. The minimum Gasteiger partial charge on any atom is -0.380 e. The van der Waals surface area contributed by atoms with Gasteiger partial charge in [0.1, 0.15) is 0 Å². The van der Waals surface area contributed by atoms with Gasteiger partial charge >= 0.3 is 0 Å². The van der Waals surface area contributed by atoms with Crippen LogP contribution in [0.2, 0.25) is 0 Å². The third-order valence-electron chi connectivity index (χ3n) is 1.87. The van der Waals surface area contributed by atoms with Crippen molar-refractivity contribution in [2.45, 2.75) is 26.7 Å². The Morgan fingerprint density at radius 2 is 2.15 bits per heavy atom. The van der Waals surface area contributed by atoms with Crippen molar-refractivity contribution >= 4 is 11.6 Å². The first-order valence-corrected chi connectivity index (χ1v) is 5.69. The Morgan fingerprint density at radius 1 is 1.38 bits per heavy atom. The summed E-state index contributed by atoms with van der Waals surface area (Å²) in [6.07, 6.45) is 2.19. The molecule has 80 valence electrons. The maximum Gasteiger partial charge on any atom is 0.0590 e. The van der Waals surface area contributed by atoms with Gasteiger partial charge in [-0.1, -0.05) is 13.8 Å². The first-order valence-electron chi connectivity index (χ1n) is 5.15. The predicted molar refractivity (Wildman–Crippen MR) is 58.5 cm³/mol. The molecular formula is C10H22ClNO. The van der Waals surface area contributed by atoms with Gasteiger partial charge in [0.2, 0.25) is 0 Å². The molecule has 1 atom stereocenters. The molecule has 0 radical (unpaired) electrons. The number of nitrogens with one attached hydrogen (secondary N) is 1. The molecule has 1 N–H and O–H groups in total. The van der Waals surface area contributed by atoms with Crippen LogP contribution in [0.5, 0.6) is 0 Å². The number of halogens is 1. The summed E-state index contributed by atoms with van der Waals surface area (Å²) < 4.78 is 5.34. The van der Waals surface area contributed by atoms with E-state index >= 15 is 0 Å². The van der Waals surface area contributed by atoms with Gasteiger partial charge in [0.25, 0.3) is 0 Å². The zero-order valence-corrected chi connectivity index (χ0v) is 9.57. The van der Waals surface area contributed by atoms with Crippen LogP contribution >= 0.6 is 11.6 Å². The normalized spacial score (nSPS) is 13.2. The minimum absolute atomic E-state index is 0.670. The van der Waals surface area contributed by atoms with Crippen LogP contribution in [0.25, 0.3) is 0 Å². The lowest BCUT2D eigenvalue weighted by molar-refractivity contribution is 0.136. The largest absolute Gasteiger partial charge is 0.380 e. The third kappa shape index (κ3) is 10.1. The van der Waals surface area contributed by atoms with E-state index in [4.69, 9.17) is 16.3 Å². The summed E-state index contributed by atoms with van der Waals surface area (Å²) in [6, 6.07) is 0. The Bertz CT molecular complexity index is 101. The molecule has 0 aliphatic heterocycles. The molecule has 0 aromatic heterocycles. The number of ether oxygens (including phenoxy) is 1. The zero-order valence-electron chi connectivity index (χ0n) is 8.81. The summed E-state index contributed by atoms with van der Waals surface area (Å²) in [5, 5.41) is 3.35. The SMILES string of the molecule is CCCOCCNCC(C)CCCl. The van der Waals surface area contributed by atoms with Crippen molar-refractivity contribution in [3.8, 4) is 0 Å². The smallest absolute Gasteiger partial charge is 0.0590 e. The van der Waals surface area contributed by atoms with Gasteiger partial charge in [-0.3, -0.25) is 0 Å². The van der Waals surface area contributed by atoms with Gasteiger partial charge < -0.3 is 10.1 Å². The Morgan fingerprint density at radius 3 is 2.77 bits per heavy atom. The highest BCUT2D eigenvalue weighted by atomic mass is 35.5. The van der Waals surface area contributed by atoms with Gasteiger partial charge in [0.15, 0.2) is 0 Å². The van der Waals surface area contributed by atoms with Crippen LogP contribution in [0.3, 0.4) is 0 Å². The van der Waals surface area contributed by atoms with Crippen LogP contribution in [0.15, 0.2) is 0 Å². The molecule has 1 unspecified atom stereocenters.